The van der Waals surface area contributed by atoms with Crippen LogP contribution in [0.2, 0.25) is 0 Å². The average Bonchev–Trinajstić information content (AvgIpc) is 2.33. The van der Waals surface area contributed by atoms with E-state index < -0.39 is 0 Å². The molecule has 1 nitrogen and oxygen atoms in total. The Morgan fingerprint density at radius 1 is 0.875 bits per heavy atom. The van der Waals surface area contributed by atoms with Gasteiger partial charge in [0.25, 0.3) is 0 Å². The molecule has 0 saturated heterocycles. The van der Waals surface area contributed by atoms with E-state index in [0.717, 1.165) is 12.2 Å². The standard InChI is InChI=1S/C14H13IO/c15-11-16-14-9-5-4-8-13(14)10-12-6-2-1-3-7-12/h1-9H,10-11H2. The number of hydrogen-bond donors (Lipinski definition) is 0. The maximum atomic E-state index is 5.60. The lowest BCUT2D eigenvalue weighted by Gasteiger charge is -2.09. The minimum atomic E-state index is 0.684. The lowest BCUT2D eigenvalue weighted by Crippen LogP contribution is -1.95. The summed E-state index contributed by atoms with van der Waals surface area (Å²) >= 11 is 2.22. The van der Waals surface area contributed by atoms with Crippen molar-refractivity contribution in [2.45, 2.75) is 6.42 Å². The molecular weight excluding hydrogens is 311 g/mol. The van der Waals surface area contributed by atoms with Gasteiger partial charge in [0.1, 0.15) is 10.4 Å². The normalized spacial score (nSPS) is 10.1. The van der Waals surface area contributed by atoms with Gasteiger partial charge in [-0.25, -0.2) is 0 Å². The minimum absolute atomic E-state index is 0.684. The molecule has 2 aromatic rings. The number of benzene rings is 2. The molecule has 2 heteroatoms. The molecular formula is C14H13IO. The quantitative estimate of drug-likeness (QED) is 0.609. The predicted molar refractivity (Wildman–Crippen MR) is 75.2 cm³/mol. The van der Waals surface area contributed by atoms with Crippen LogP contribution in [-0.4, -0.2) is 4.61 Å². The molecule has 82 valence electrons. The van der Waals surface area contributed by atoms with Gasteiger partial charge in [0, 0.05) is 6.42 Å². The topological polar surface area (TPSA) is 9.23 Å². The highest BCUT2D eigenvalue weighted by molar-refractivity contribution is 14.1. The maximum Gasteiger partial charge on any atom is 0.139 e. The number of para-hydroxylation sites is 1. The van der Waals surface area contributed by atoms with Crippen molar-refractivity contribution < 1.29 is 4.74 Å². The van der Waals surface area contributed by atoms with Crippen molar-refractivity contribution in [3.63, 3.8) is 0 Å². The molecule has 2 aromatic carbocycles. The first-order chi connectivity index (χ1) is 7.90. The lowest BCUT2D eigenvalue weighted by molar-refractivity contribution is 0.400. The smallest absolute Gasteiger partial charge is 0.139 e. The number of hydrogen-bond acceptors (Lipinski definition) is 1. The molecule has 0 fully saturated rings. The van der Waals surface area contributed by atoms with Crippen molar-refractivity contribution >= 4 is 22.6 Å². The van der Waals surface area contributed by atoms with Crippen LogP contribution in [0.4, 0.5) is 0 Å². The van der Waals surface area contributed by atoms with Crippen molar-refractivity contribution in [1.82, 2.24) is 0 Å². The molecule has 0 aromatic heterocycles. The third-order valence-electron chi connectivity index (χ3n) is 2.42. The van der Waals surface area contributed by atoms with Gasteiger partial charge in [-0.1, -0.05) is 48.5 Å². The SMILES string of the molecule is ICOc1ccccc1Cc1ccccc1. The van der Waals surface area contributed by atoms with Gasteiger partial charge < -0.3 is 4.74 Å². The largest absolute Gasteiger partial charge is 0.483 e. The van der Waals surface area contributed by atoms with E-state index in [2.05, 4.69) is 59.0 Å². The summed E-state index contributed by atoms with van der Waals surface area (Å²) in [6.45, 7) is 0. The van der Waals surface area contributed by atoms with E-state index in [0.29, 0.717) is 4.61 Å². The van der Waals surface area contributed by atoms with Gasteiger partial charge >= 0.3 is 0 Å². The van der Waals surface area contributed by atoms with Crippen LogP contribution in [0.3, 0.4) is 0 Å². The van der Waals surface area contributed by atoms with Gasteiger partial charge in [-0.3, -0.25) is 0 Å². The van der Waals surface area contributed by atoms with Gasteiger partial charge in [-0.05, 0) is 39.8 Å². The molecule has 0 aliphatic carbocycles. The van der Waals surface area contributed by atoms with E-state index in [1.807, 2.05) is 18.2 Å². The Balaban J connectivity index is 2.21. The van der Waals surface area contributed by atoms with Gasteiger partial charge in [-0.2, -0.15) is 0 Å². The van der Waals surface area contributed by atoms with E-state index in [1.165, 1.54) is 11.1 Å². The van der Waals surface area contributed by atoms with Crippen LogP contribution in [0.1, 0.15) is 11.1 Å². The van der Waals surface area contributed by atoms with Crippen LogP contribution < -0.4 is 4.74 Å². The summed E-state index contributed by atoms with van der Waals surface area (Å²) in [5, 5.41) is 0. The first-order valence-corrected chi connectivity index (χ1v) is 6.73. The monoisotopic (exact) mass is 324 g/mol. The molecule has 0 spiro atoms. The highest BCUT2D eigenvalue weighted by Crippen LogP contribution is 2.21. The molecule has 0 amide bonds. The Hall–Kier alpha value is -1.03. The van der Waals surface area contributed by atoms with Gasteiger partial charge in [0.15, 0.2) is 0 Å². The average molecular weight is 324 g/mol. The van der Waals surface area contributed by atoms with Crippen LogP contribution in [0.25, 0.3) is 0 Å². The Kier molecular flexibility index (Phi) is 4.22. The summed E-state index contributed by atoms with van der Waals surface area (Å²) in [6, 6.07) is 18.7. The molecule has 0 N–H and O–H groups in total. The zero-order valence-electron chi connectivity index (χ0n) is 8.90. The molecule has 0 unspecified atom stereocenters. The van der Waals surface area contributed by atoms with Gasteiger partial charge in [0.05, 0.1) is 0 Å². The van der Waals surface area contributed by atoms with Crippen LogP contribution >= 0.6 is 22.6 Å². The molecule has 0 heterocycles. The fraction of sp³-hybridized carbons (Fsp3) is 0.143. The van der Waals surface area contributed by atoms with Crippen molar-refractivity contribution in [3.05, 3.63) is 65.7 Å². The fourth-order valence-electron chi connectivity index (χ4n) is 1.67. The second-order valence-electron chi connectivity index (χ2n) is 3.52. The van der Waals surface area contributed by atoms with Crippen molar-refractivity contribution in [2.75, 3.05) is 4.61 Å². The van der Waals surface area contributed by atoms with E-state index in [1.54, 1.807) is 0 Å². The molecule has 0 aliphatic heterocycles. The van der Waals surface area contributed by atoms with Crippen molar-refractivity contribution in [2.24, 2.45) is 0 Å². The first kappa shape index (κ1) is 11.5. The van der Waals surface area contributed by atoms with Crippen LogP contribution in [0.15, 0.2) is 54.6 Å². The van der Waals surface area contributed by atoms with E-state index in [4.69, 9.17) is 4.74 Å². The number of halogens is 1. The summed E-state index contributed by atoms with van der Waals surface area (Å²) in [4.78, 5) is 0. The molecule has 0 bridgehead atoms. The van der Waals surface area contributed by atoms with Crippen LogP contribution in [0.5, 0.6) is 5.75 Å². The Morgan fingerprint density at radius 3 is 2.31 bits per heavy atom. The third-order valence-corrected chi connectivity index (χ3v) is 2.73. The van der Waals surface area contributed by atoms with E-state index in [-0.39, 0.29) is 0 Å². The highest BCUT2D eigenvalue weighted by Gasteiger charge is 2.02. The zero-order chi connectivity index (χ0) is 11.2. The third kappa shape index (κ3) is 2.98. The lowest BCUT2D eigenvalue weighted by atomic mass is 10.0. The second kappa shape index (κ2) is 5.89. The number of alkyl halides is 1. The summed E-state index contributed by atoms with van der Waals surface area (Å²) < 4.78 is 6.28. The van der Waals surface area contributed by atoms with Gasteiger partial charge in [0.2, 0.25) is 0 Å². The Morgan fingerprint density at radius 2 is 1.56 bits per heavy atom. The second-order valence-corrected chi connectivity index (χ2v) is 4.15. The molecule has 16 heavy (non-hydrogen) atoms. The van der Waals surface area contributed by atoms with Crippen LogP contribution in [-0.2, 0) is 6.42 Å². The molecule has 0 radical (unpaired) electrons. The summed E-state index contributed by atoms with van der Waals surface area (Å²) in [5.41, 5.74) is 2.55. The maximum absolute atomic E-state index is 5.60. The van der Waals surface area contributed by atoms with Crippen molar-refractivity contribution in [1.29, 1.82) is 0 Å². The highest BCUT2D eigenvalue weighted by atomic mass is 127. The summed E-state index contributed by atoms with van der Waals surface area (Å²) in [7, 11) is 0. The number of rotatable bonds is 4. The summed E-state index contributed by atoms with van der Waals surface area (Å²) in [6.07, 6.45) is 0.924. The number of ether oxygens (including phenoxy) is 1. The zero-order valence-corrected chi connectivity index (χ0v) is 11.1. The predicted octanol–water partition coefficient (Wildman–Crippen LogP) is 4.05. The fourth-order valence-corrected chi connectivity index (χ4v) is 2.00. The Labute approximate surface area is 110 Å². The minimum Gasteiger partial charge on any atom is -0.483 e. The Bertz CT molecular complexity index is 439. The first-order valence-electron chi connectivity index (χ1n) is 5.21. The summed E-state index contributed by atoms with van der Waals surface area (Å²) in [5.74, 6) is 0.987. The molecule has 0 atom stereocenters. The molecule has 2 rings (SSSR count). The van der Waals surface area contributed by atoms with Crippen molar-refractivity contribution in [3.8, 4) is 5.75 Å². The van der Waals surface area contributed by atoms with Crippen LogP contribution in [0, 0.1) is 0 Å². The van der Waals surface area contributed by atoms with E-state index >= 15 is 0 Å². The molecule has 0 aliphatic rings. The molecule has 0 saturated carbocycles. The van der Waals surface area contributed by atoms with Gasteiger partial charge in [-0.15, -0.1) is 0 Å². The van der Waals surface area contributed by atoms with E-state index in [9.17, 15) is 0 Å².